The normalized spacial score (nSPS) is 11.9. The van der Waals surface area contributed by atoms with Gasteiger partial charge < -0.3 is 10.2 Å². The second-order valence-corrected chi connectivity index (χ2v) is 12.9. The molecule has 4 rings (SSSR count). The summed E-state index contributed by atoms with van der Waals surface area (Å²) in [5.74, 6) is -0.933. The Labute approximate surface area is 263 Å². The van der Waals surface area contributed by atoms with Gasteiger partial charge in [-0.2, -0.15) is 0 Å². The van der Waals surface area contributed by atoms with Gasteiger partial charge in [0.05, 0.1) is 10.6 Å². The first-order chi connectivity index (χ1) is 20.5. The number of amides is 2. The van der Waals surface area contributed by atoms with Crippen LogP contribution in [0.3, 0.4) is 0 Å². The van der Waals surface area contributed by atoms with Crippen molar-refractivity contribution in [3.8, 4) is 0 Å². The number of anilines is 1. The lowest BCUT2D eigenvalue weighted by Gasteiger charge is -2.33. The number of nitrogens with zero attached hydrogens (tertiary/aromatic N) is 2. The summed E-state index contributed by atoms with van der Waals surface area (Å²) in [6.07, 6.45) is 0.223. The molecule has 0 aliphatic carbocycles. The highest BCUT2D eigenvalue weighted by Crippen LogP contribution is 2.28. The van der Waals surface area contributed by atoms with E-state index < -0.39 is 28.5 Å². The number of nitrogens with one attached hydrogen (secondary N) is 1. The first-order valence-corrected chi connectivity index (χ1v) is 15.8. The molecule has 10 heteroatoms. The zero-order valence-electron chi connectivity index (χ0n) is 24.1. The lowest BCUT2D eigenvalue weighted by molar-refractivity contribution is -0.139. The Kier molecular flexibility index (Phi) is 10.5. The molecule has 1 unspecified atom stereocenters. The van der Waals surface area contributed by atoms with E-state index in [9.17, 15) is 18.0 Å². The summed E-state index contributed by atoms with van der Waals surface area (Å²) in [5, 5.41) is 3.54. The van der Waals surface area contributed by atoms with Gasteiger partial charge >= 0.3 is 0 Å². The van der Waals surface area contributed by atoms with Crippen LogP contribution < -0.4 is 9.62 Å². The molecule has 0 bridgehead atoms. The lowest BCUT2D eigenvalue weighted by Crippen LogP contribution is -2.53. The van der Waals surface area contributed by atoms with Crippen LogP contribution in [0.4, 0.5) is 5.69 Å². The minimum absolute atomic E-state index is 0.0172. The first-order valence-electron chi connectivity index (χ1n) is 13.6. The van der Waals surface area contributed by atoms with E-state index in [0.717, 1.165) is 21.0 Å². The second kappa shape index (κ2) is 14.1. The number of sulfonamides is 1. The number of halogens is 2. The third-order valence-electron chi connectivity index (χ3n) is 7.22. The van der Waals surface area contributed by atoms with Gasteiger partial charge in [-0.3, -0.25) is 13.9 Å². The molecular formula is C33H33Cl2N3O4S. The van der Waals surface area contributed by atoms with Crippen molar-refractivity contribution < 1.29 is 18.0 Å². The van der Waals surface area contributed by atoms with Crippen LogP contribution in [0.5, 0.6) is 0 Å². The number of benzene rings is 4. The number of aryl methyl sites for hydroxylation is 2. The number of carbonyl (C=O) groups is 2. The summed E-state index contributed by atoms with van der Waals surface area (Å²) in [5.41, 5.74) is 3.71. The Hall–Kier alpha value is -3.85. The Morgan fingerprint density at radius 3 is 2.09 bits per heavy atom. The summed E-state index contributed by atoms with van der Waals surface area (Å²) in [6.45, 7) is 3.29. The molecule has 1 atom stereocenters. The van der Waals surface area contributed by atoms with Crippen molar-refractivity contribution in [1.82, 2.24) is 10.2 Å². The van der Waals surface area contributed by atoms with E-state index in [1.165, 1.54) is 36.2 Å². The Balaban J connectivity index is 1.80. The molecule has 4 aromatic carbocycles. The number of carbonyl (C=O) groups excluding carboxylic acids is 2. The maximum Gasteiger partial charge on any atom is 0.264 e. The number of likely N-dealkylation sites (N-methyl/N-ethyl adjacent to an activating group) is 1. The van der Waals surface area contributed by atoms with E-state index in [0.29, 0.717) is 21.3 Å². The number of hydrogen-bond acceptors (Lipinski definition) is 4. The lowest BCUT2D eigenvalue weighted by atomic mass is 10.0. The van der Waals surface area contributed by atoms with Crippen LogP contribution >= 0.6 is 23.2 Å². The monoisotopic (exact) mass is 637 g/mol. The quantitative estimate of drug-likeness (QED) is 0.212. The predicted molar refractivity (Wildman–Crippen MR) is 172 cm³/mol. The fourth-order valence-corrected chi connectivity index (χ4v) is 6.44. The number of rotatable bonds is 11. The Bertz CT molecular complexity index is 1700. The van der Waals surface area contributed by atoms with E-state index in [1.54, 1.807) is 36.4 Å². The average Bonchev–Trinajstić information content (AvgIpc) is 2.99. The molecule has 1 N–H and O–H groups in total. The summed E-state index contributed by atoms with van der Waals surface area (Å²) < 4.78 is 29.2. The second-order valence-electron chi connectivity index (χ2n) is 10.2. The van der Waals surface area contributed by atoms with Crippen LogP contribution in [0.2, 0.25) is 10.0 Å². The fourth-order valence-electron chi connectivity index (χ4n) is 4.70. The van der Waals surface area contributed by atoms with Crippen LogP contribution in [0.25, 0.3) is 0 Å². The minimum Gasteiger partial charge on any atom is -0.357 e. The third-order valence-corrected chi connectivity index (χ3v) is 9.49. The molecule has 0 fully saturated rings. The summed E-state index contributed by atoms with van der Waals surface area (Å²) >= 11 is 12.3. The maximum atomic E-state index is 14.3. The van der Waals surface area contributed by atoms with Crippen LogP contribution in [0.1, 0.15) is 22.3 Å². The van der Waals surface area contributed by atoms with Crippen molar-refractivity contribution in [2.75, 3.05) is 17.9 Å². The van der Waals surface area contributed by atoms with Crippen molar-refractivity contribution in [1.29, 1.82) is 0 Å². The van der Waals surface area contributed by atoms with E-state index >= 15 is 0 Å². The van der Waals surface area contributed by atoms with Gasteiger partial charge in [-0.25, -0.2) is 8.42 Å². The van der Waals surface area contributed by atoms with E-state index in [4.69, 9.17) is 23.2 Å². The van der Waals surface area contributed by atoms with Crippen molar-refractivity contribution in [2.45, 2.75) is 37.8 Å². The van der Waals surface area contributed by atoms with Gasteiger partial charge in [0, 0.05) is 30.1 Å². The van der Waals surface area contributed by atoms with Gasteiger partial charge in [-0.05, 0) is 84.6 Å². The third kappa shape index (κ3) is 7.96. The largest absolute Gasteiger partial charge is 0.357 e. The molecule has 0 aliphatic rings. The molecular weight excluding hydrogens is 605 g/mol. The molecule has 0 spiro atoms. The fraction of sp³-hybridized carbons (Fsp3) is 0.212. The van der Waals surface area contributed by atoms with Crippen molar-refractivity contribution in [2.24, 2.45) is 0 Å². The van der Waals surface area contributed by atoms with E-state index in [2.05, 4.69) is 5.32 Å². The van der Waals surface area contributed by atoms with Gasteiger partial charge in [0.2, 0.25) is 11.8 Å². The van der Waals surface area contributed by atoms with Gasteiger partial charge in [-0.15, -0.1) is 0 Å². The Morgan fingerprint density at radius 1 is 0.791 bits per heavy atom. The molecule has 4 aromatic rings. The minimum atomic E-state index is -4.21. The molecule has 0 radical (unpaired) electrons. The topological polar surface area (TPSA) is 86.8 Å². The zero-order chi connectivity index (χ0) is 31.1. The summed E-state index contributed by atoms with van der Waals surface area (Å²) in [7, 11) is -2.70. The molecule has 0 heterocycles. The highest BCUT2D eigenvalue weighted by atomic mass is 35.5. The van der Waals surface area contributed by atoms with Gasteiger partial charge in [0.25, 0.3) is 10.0 Å². The smallest absolute Gasteiger partial charge is 0.264 e. The van der Waals surface area contributed by atoms with E-state index in [1.807, 2.05) is 50.2 Å². The standard InChI is InChI=1S/C33H33Cl2N3O4S/c1-23-12-15-29(18-24(23)2)38(43(41,42)30-16-13-27(34)14-17-30)22-32(39)37(21-26-10-7-11-28(35)19-26)31(33(40)36-3)20-25-8-5-4-6-9-25/h4-19,31H,20-22H2,1-3H3,(H,36,40). The zero-order valence-corrected chi connectivity index (χ0v) is 26.5. The molecule has 0 saturated heterocycles. The molecule has 2 amide bonds. The molecule has 0 aromatic heterocycles. The summed E-state index contributed by atoms with van der Waals surface area (Å²) in [4.78, 5) is 29.1. The van der Waals surface area contributed by atoms with Crippen LogP contribution in [0, 0.1) is 13.8 Å². The van der Waals surface area contributed by atoms with Crippen molar-refractivity contribution >= 4 is 50.7 Å². The van der Waals surface area contributed by atoms with Crippen LogP contribution in [-0.2, 0) is 32.6 Å². The van der Waals surface area contributed by atoms with Crippen LogP contribution in [-0.4, -0.2) is 44.8 Å². The summed E-state index contributed by atoms with van der Waals surface area (Å²) in [6, 6.07) is 26.4. The van der Waals surface area contributed by atoms with Crippen LogP contribution in [0.15, 0.2) is 102 Å². The van der Waals surface area contributed by atoms with Gasteiger partial charge in [0.1, 0.15) is 12.6 Å². The predicted octanol–water partition coefficient (Wildman–Crippen LogP) is 6.19. The molecule has 7 nitrogen and oxygen atoms in total. The number of hydrogen-bond donors (Lipinski definition) is 1. The van der Waals surface area contributed by atoms with Gasteiger partial charge in [0.15, 0.2) is 0 Å². The maximum absolute atomic E-state index is 14.3. The first kappa shape index (κ1) is 32.1. The highest BCUT2D eigenvalue weighted by Gasteiger charge is 2.34. The Morgan fingerprint density at radius 2 is 1.47 bits per heavy atom. The molecule has 0 saturated carbocycles. The van der Waals surface area contributed by atoms with E-state index in [-0.39, 0.29) is 23.8 Å². The molecule has 0 aliphatic heterocycles. The highest BCUT2D eigenvalue weighted by molar-refractivity contribution is 7.92. The van der Waals surface area contributed by atoms with Crippen molar-refractivity contribution in [3.05, 3.63) is 129 Å². The average molecular weight is 639 g/mol. The SMILES string of the molecule is CNC(=O)C(Cc1ccccc1)N(Cc1cccc(Cl)c1)C(=O)CN(c1ccc(C)c(C)c1)S(=O)(=O)c1ccc(Cl)cc1. The molecule has 43 heavy (non-hydrogen) atoms. The van der Waals surface area contributed by atoms with Gasteiger partial charge in [-0.1, -0.05) is 71.7 Å². The molecule has 224 valence electrons. The van der Waals surface area contributed by atoms with Crippen molar-refractivity contribution in [3.63, 3.8) is 0 Å².